The number of nitrogens with one attached hydrogen (secondary N) is 1. The first-order chi connectivity index (χ1) is 13.8. The highest BCUT2D eigenvalue weighted by Gasteiger charge is 2.36. The van der Waals surface area contributed by atoms with Crippen LogP contribution in [0.3, 0.4) is 0 Å². The van der Waals surface area contributed by atoms with Crippen LogP contribution in [-0.2, 0) is 13.1 Å². The van der Waals surface area contributed by atoms with Gasteiger partial charge >= 0.3 is 0 Å². The summed E-state index contributed by atoms with van der Waals surface area (Å²) in [6.45, 7) is 11.4. The number of aryl methyl sites for hydroxylation is 1. The van der Waals surface area contributed by atoms with Crippen LogP contribution in [0.25, 0.3) is 11.3 Å². The van der Waals surface area contributed by atoms with Gasteiger partial charge in [0.1, 0.15) is 0 Å². The smallest absolute Gasteiger partial charge is 0.0968 e. The molecule has 0 bridgehead atoms. The third-order valence-corrected chi connectivity index (χ3v) is 6.88. The molecule has 0 amide bonds. The number of fused-ring (bicyclic) bond motifs is 1. The fourth-order valence-corrected chi connectivity index (χ4v) is 5.29. The molecule has 5 rings (SSSR count). The lowest BCUT2D eigenvalue weighted by atomic mass is 10.0. The van der Waals surface area contributed by atoms with Crippen molar-refractivity contribution in [1.82, 2.24) is 20.0 Å². The van der Waals surface area contributed by atoms with E-state index in [9.17, 15) is 0 Å². The number of benzene rings is 1. The SMILES string of the molecule is CCn1cc(CN2CC3CNCC3C2)c(-c2ccc(N3CCCCC3)cc2)n1. The van der Waals surface area contributed by atoms with E-state index in [0.29, 0.717) is 0 Å². The topological polar surface area (TPSA) is 36.3 Å². The Labute approximate surface area is 168 Å². The lowest BCUT2D eigenvalue weighted by Crippen LogP contribution is -2.29. The summed E-state index contributed by atoms with van der Waals surface area (Å²) in [5.41, 5.74) is 5.16. The summed E-state index contributed by atoms with van der Waals surface area (Å²) >= 11 is 0. The molecule has 1 aromatic carbocycles. The Hall–Kier alpha value is -1.85. The van der Waals surface area contributed by atoms with Crippen molar-refractivity contribution < 1.29 is 0 Å². The summed E-state index contributed by atoms with van der Waals surface area (Å²) in [6, 6.07) is 9.14. The maximum Gasteiger partial charge on any atom is 0.0968 e. The quantitative estimate of drug-likeness (QED) is 0.865. The van der Waals surface area contributed by atoms with E-state index in [1.165, 1.54) is 81.0 Å². The van der Waals surface area contributed by atoms with Crippen LogP contribution in [0.15, 0.2) is 30.5 Å². The first kappa shape index (κ1) is 18.2. The van der Waals surface area contributed by atoms with Gasteiger partial charge in [-0.2, -0.15) is 5.10 Å². The molecule has 3 aliphatic heterocycles. The molecule has 0 radical (unpaired) electrons. The first-order valence-corrected chi connectivity index (χ1v) is 11.1. The minimum Gasteiger partial charge on any atom is -0.372 e. The second kappa shape index (κ2) is 7.88. The summed E-state index contributed by atoms with van der Waals surface area (Å²) in [6.07, 6.45) is 6.28. The van der Waals surface area contributed by atoms with Gasteiger partial charge in [-0.1, -0.05) is 12.1 Å². The van der Waals surface area contributed by atoms with Crippen molar-refractivity contribution in [1.29, 1.82) is 0 Å². The number of nitrogens with zero attached hydrogens (tertiary/aromatic N) is 4. The Morgan fingerprint density at radius 2 is 1.71 bits per heavy atom. The third-order valence-electron chi connectivity index (χ3n) is 6.88. The molecule has 1 aromatic heterocycles. The summed E-state index contributed by atoms with van der Waals surface area (Å²) in [4.78, 5) is 5.16. The van der Waals surface area contributed by atoms with Gasteiger partial charge in [0, 0.05) is 62.3 Å². The fraction of sp³-hybridized carbons (Fsp3) is 0.609. The van der Waals surface area contributed by atoms with Crippen molar-refractivity contribution in [2.45, 2.75) is 39.3 Å². The van der Waals surface area contributed by atoms with Crippen LogP contribution in [0.5, 0.6) is 0 Å². The Bertz CT molecular complexity index is 778. The normalized spacial score (nSPS) is 25.4. The van der Waals surface area contributed by atoms with Gasteiger partial charge in [-0.3, -0.25) is 9.58 Å². The molecule has 0 aliphatic carbocycles. The number of hydrogen-bond acceptors (Lipinski definition) is 4. The van der Waals surface area contributed by atoms with Crippen molar-refractivity contribution in [3.63, 3.8) is 0 Å². The molecule has 3 saturated heterocycles. The van der Waals surface area contributed by atoms with Crippen LogP contribution < -0.4 is 10.2 Å². The Kier molecular flexibility index (Phi) is 5.12. The van der Waals surface area contributed by atoms with Gasteiger partial charge in [0.25, 0.3) is 0 Å². The fourth-order valence-electron chi connectivity index (χ4n) is 5.29. The van der Waals surface area contributed by atoms with Crippen molar-refractivity contribution in [3.05, 3.63) is 36.0 Å². The third kappa shape index (κ3) is 3.58. The second-order valence-corrected chi connectivity index (χ2v) is 8.83. The van der Waals surface area contributed by atoms with E-state index in [4.69, 9.17) is 5.10 Å². The monoisotopic (exact) mass is 379 g/mol. The highest BCUT2D eigenvalue weighted by Crippen LogP contribution is 2.31. The molecule has 4 heterocycles. The zero-order valence-corrected chi connectivity index (χ0v) is 17.1. The van der Waals surface area contributed by atoms with Crippen LogP contribution >= 0.6 is 0 Å². The van der Waals surface area contributed by atoms with Gasteiger partial charge in [0.2, 0.25) is 0 Å². The van der Waals surface area contributed by atoms with E-state index in [2.05, 4.69) is 57.2 Å². The predicted molar refractivity (Wildman–Crippen MR) is 115 cm³/mol. The molecule has 3 aliphatic rings. The van der Waals surface area contributed by atoms with Gasteiger partial charge in [-0.15, -0.1) is 0 Å². The molecule has 2 atom stereocenters. The van der Waals surface area contributed by atoms with Crippen molar-refractivity contribution >= 4 is 5.69 Å². The zero-order chi connectivity index (χ0) is 18.9. The minimum atomic E-state index is 0.841. The molecule has 2 aromatic rings. The van der Waals surface area contributed by atoms with Crippen LogP contribution in [0, 0.1) is 11.8 Å². The predicted octanol–water partition coefficient (Wildman–Crippen LogP) is 3.21. The molecule has 0 saturated carbocycles. The van der Waals surface area contributed by atoms with Gasteiger partial charge in [-0.05, 0) is 63.2 Å². The highest BCUT2D eigenvalue weighted by atomic mass is 15.3. The van der Waals surface area contributed by atoms with E-state index < -0.39 is 0 Å². The molecular formula is C23H33N5. The van der Waals surface area contributed by atoms with Gasteiger partial charge < -0.3 is 10.2 Å². The summed E-state index contributed by atoms with van der Waals surface area (Å²) in [7, 11) is 0. The number of anilines is 1. The first-order valence-electron chi connectivity index (χ1n) is 11.1. The van der Waals surface area contributed by atoms with Crippen molar-refractivity contribution in [2.24, 2.45) is 11.8 Å². The maximum atomic E-state index is 4.92. The molecule has 0 spiro atoms. The van der Waals surface area contributed by atoms with Gasteiger partial charge in [0.05, 0.1) is 5.69 Å². The number of piperidine rings is 1. The number of rotatable bonds is 5. The van der Waals surface area contributed by atoms with E-state index in [1.54, 1.807) is 0 Å². The highest BCUT2D eigenvalue weighted by molar-refractivity contribution is 5.66. The number of aromatic nitrogens is 2. The Morgan fingerprint density at radius 1 is 1.00 bits per heavy atom. The lowest BCUT2D eigenvalue weighted by Gasteiger charge is -2.28. The van der Waals surface area contributed by atoms with E-state index >= 15 is 0 Å². The zero-order valence-electron chi connectivity index (χ0n) is 17.1. The van der Waals surface area contributed by atoms with Gasteiger partial charge in [-0.25, -0.2) is 0 Å². The maximum absolute atomic E-state index is 4.92. The van der Waals surface area contributed by atoms with Crippen LogP contribution in [-0.4, -0.2) is 53.9 Å². The summed E-state index contributed by atoms with van der Waals surface area (Å²) < 4.78 is 2.10. The number of hydrogen-bond donors (Lipinski definition) is 1. The molecule has 28 heavy (non-hydrogen) atoms. The average molecular weight is 380 g/mol. The largest absolute Gasteiger partial charge is 0.372 e. The molecule has 5 nitrogen and oxygen atoms in total. The Morgan fingerprint density at radius 3 is 2.39 bits per heavy atom. The number of likely N-dealkylation sites (tertiary alicyclic amines) is 1. The summed E-state index contributed by atoms with van der Waals surface area (Å²) in [5, 5.41) is 8.46. The van der Waals surface area contributed by atoms with Crippen molar-refractivity contribution in [3.8, 4) is 11.3 Å². The van der Waals surface area contributed by atoms with Crippen LogP contribution in [0.2, 0.25) is 0 Å². The Balaban J connectivity index is 1.35. The van der Waals surface area contributed by atoms with Crippen molar-refractivity contribution in [2.75, 3.05) is 44.2 Å². The van der Waals surface area contributed by atoms with E-state index in [0.717, 1.165) is 24.9 Å². The lowest BCUT2D eigenvalue weighted by molar-refractivity contribution is 0.306. The van der Waals surface area contributed by atoms with E-state index in [1.807, 2.05) is 0 Å². The minimum absolute atomic E-state index is 0.841. The molecule has 2 unspecified atom stereocenters. The van der Waals surface area contributed by atoms with Gasteiger partial charge in [0.15, 0.2) is 0 Å². The van der Waals surface area contributed by atoms with E-state index in [-0.39, 0.29) is 0 Å². The molecule has 1 N–H and O–H groups in total. The second-order valence-electron chi connectivity index (χ2n) is 8.83. The molecular weight excluding hydrogens is 346 g/mol. The molecule has 5 heteroatoms. The summed E-state index contributed by atoms with van der Waals surface area (Å²) in [5.74, 6) is 1.68. The molecule has 3 fully saturated rings. The average Bonchev–Trinajstić information content (AvgIpc) is 3.44. The standard InChI is InChI=1S/C23H33N5/c1-2-28-17-21(16-26-14-19-12-24-13-20(19)15-26)23(25-28)18-6-8-22(9-7-18)27-10-4-3-5-11-27/h6-9,17,19-20,24H,2-5,10-16H2,1H3. The van der Waals surface area contributed by atoms with Crippen LogP contribution in [0.4, 0.5) is 5.69 Å². The molecule has 150 valence electrons. The van der Waals surface area contributed by atoms with Crippen LogP contribution in [0.1, 0.15) is 31.7 Å².